The first-order valence-electron chi connectivity index (χ1n) is 17.4. The lowest BCUT2D eigenvalue weighted by Crippen LogP contribution is -2.36. The van der Waals surface area contributed by atoms with Crippen LogP contribution >= 0.6 is 11.6 Å². The van der Waals surface area contributed by atoms with Gasteiger partial charge in [0.2, 0.25) is 0 Å². The SMILES string of the molecule is O=[N+]([O-])c1cccc(CCl)c1.O=[N+]([O-])c1cccc(Cn2c(CN3CCOCC3)nc3ccccc32)c1.c1ccc2[nH]c(CN3CCOCC3)nc2c1. The minimum absolute atomic E-state index is 0.0863. The van der Waals surface area contributed by atoms with Crippen LogP contribution in [0.3, 0.4) is 0 Å². The number of nitrogens with zero attached hydrogens (tertiary/aromatic N) is 7. The molecule has 0 unspecified atom stereocenters. The number of imidazole rings is 2. The zero-order valence-corrected chi connectivity index (χ0v) is 29.9. The Morgan fingerprint density at radius 3 is 1.85 bits per heavy atom. The molecule has 2 aromatic heterocycles. The predicted octanol–water partition coefficient (Wildman–Crippen LogP) is 6.55. The Kier molecular flexibility index (Phi) is 13.1. The van der Waals surface area contributed by atoms with Crippen molar-refractivity contribution in [1.82, 2.24) is 29.3 Å². The second kappa shape index (κ2) is 18.5. The number of hydrogen-bond donors (Lipinski definition) is 1. The molecule has 8 rings (SSSR count). The first-order chi connectivity index (χ1) is 25.9. The van der Waals surface area contributed by atoms with E-state index in [1.165, 1.54) is 18.2 Å². The summed E-state index contributed by atoms with van der Waals surface area (Å²) in [5.41, 5.74) is 6.01. The number of halogens is 1. The van der Waals surface area contributed by atoms with E-state index in [-0.39, 0.29) is 16.3 Å². The maximum atomic E-state index is 11.1. The van der Waals surface area contributed by atoms with Crippen LogP contribution in [-0.2, 0) is 35.0 Å². The van der Waals surface area contributed by atoms with Gasteiger partial charge in [-0.2, -0.15) is 0 Å². The zero-order valence-electron chi connectivity index (χ0n) is 29.2. The molecule has 4 heterocycles. The predicted molar refractivity (Wildman–Crippen MR) is 203 cm³/mol. The number of non-ortho nitro benzene ring substituents is 2. The second-order valence-corrected chi connectivity index (χ2v) is 12.8. The zero-order chi connectivity index (χ0) is 37.0. The molecule has 2 fully saturated rings. The van der Waals surface area contributed by atoms with Gasteiger partial charge in [0.15, 0.2) is 0 Å². The molecule has 2 aliphatic heterocycles. The number of ether oxygens (including phenoxy) is 2. The number of nitrogens with one attached hydrogen (secondary N) is 1. The van der Waals surface area contributed by atoms with Crippen molar-refractivity contribution >= 4 is 45.0 Å². The van der Waals surface area contributed by atoms with Gasteiger partial charge in [0, 0.05) is 62.9 Å². The Bertz CT molecular complexity index is 2090. The van der Waals surface area contributed by atoms with Crippen LogP contribution in [0.25, 0.3) is 22.1 Å². The van der Waals surface area contributed by atoms with Crippen molar-refractivity contribution in [3.63, 3.8) is 0 Å². The first kappa shape index (κ1) is 37.5. The van der Waals surface area contributed by atoms with Gasteiger partial charge in [0.25, 0.3) is 11.4 Å². The Balaban J connectivity index is 0.000000151. The number of fused-ring (bicyclic) bond motifs is 2. The van der Waals surface area contributed by atoms with E-state index in [1.54, 1.807) is 24.3 Å². The lowest BCUT2D eigenvalue weighted by molar-refractivity contribution is -0.385. The largest absolute Gasteiger partial charge is 0.379 e. The number of para-hydroxylation sites is 4. The topological polar surface area (TPSA) is 158 Å². The summed E-state index contributed by atoms with van der Waals surface area (Å²) in [5.74, 6) is 2.32. The van der Waals surface area contributed by atoms with Gasteiger partial charge in [-0.15, -0.1) is 11.6 Å². The quantitative estimate of drug-likeness (QED) is 0.0979. The number of aromatic amines is 1. The molecule has 14 nitrogen and oxygen atoms in total. The van der Waals surface area contributed by atoms with Gasteiger partial charge in [0.05, 0.1) is 71.4 Å². The Morgan fingerprint density at radius 1 is 0.660 bits per heavy atom. The van der Waals surface area contributed by atoms with Gasteiger partial charge in [0.1, 0.15) is 11.6 Å². The van der Waals surface area contributed by atoms with E-state index in [1.807, 2.05) is 48.5 Å². The molecule has 6 aromatic rings. The van der Waals surface area contributed by atoms with Crippen LogP contribution in [0.15, 0.2) is 97.1 Å². The maximum Gasteiger partial charge on any atom is 0.269 e. The third kappa shape index (κ3) is 10.4. The summed E-state index contributed by atoms with van der Waals surface area (Å²) >= 11 is 5.48. The summed E-state index contributed by atoms with van der Waals surface area (Å²) in [6.07, 6.45) is 0. The number of morpholine rings is 2. The summed E-state index contributed by atoms with van der Waals surface area (Å²) in [6, 6.07) is 29.2. The molecule has 0 amide bonds. The Morgan fingerprint density at radius 2 is 1.23 bits per heavy atom. The van der Waals surface area contributed by atoms with Gasteiger partial charge >= 0.3 is 0 Å². The van der Waals surface area contributed by atoms with Crippen LogP contribution in [0.2, 0.25) is 0 Å². The number of hydrogen-bond acceptors (Lipinski definition) is 10. The van der Waals surface area contributed by atoms with Crippen LogP contribution in [0.4, 0.5) is 11.4 Å². The molecule has 276 valence electrons. The monoisotopic (exact) mass is 740 g/mol. The molecule has 0 spiro atoms. The number of rotatable bonds is 9. The average Bonchev–Trinajstić information content (AvgIpc) is 3.76. The van der Waals surface area contributed by atoms with Crippen molar-refractivity contribution in [3.8, 4) is 0 Å². The molecule has 0 aliphatic carbocycles. The maximum absolute atomic E-state index is 11.1. The average molecular weight is 741 g/mol. The van der Waals surface area contributed by atoms with Gasteiger partial charge in [-0.1, -0.05) is 48.5 Å². The standard InChI is InChI=1S/C19H20N4O3.C12H15N3O.C7H6ClNO2/c24-23(25)16-5-3-4-15(12-16)13-22-18-7-2-1-6-17(18)20-19(22)14-21-8-10-26-11-9-21;1-2-4-11-10(3-1)13-12(14-11)9-15-5-7-16-8-6-15;8-5-6-2-1-3-7(4-6)9(10)11/h1-7,12H,8-11,13-14H2;1-4H,5-9H2,(H,13,14);1-4H,5H2. The summed E-state index contributed by atoms with van der Waals surface area (Å²) in [5, 5.41) is 21.3. The van der Waals surface area contributed by atoms with E-state index < -0.39 is 4.92 Å². The van der Waals surface area contributed by atoms with E-state index in [4.69, 9.17) is 26.1 Å². The number of aromatic nitrogens is 4. The number of nitro groups is 2. The third-order valence-electron chi connectivity index (χ3n) is 8.86. The van der Waals surface area contributed by atoms with E-state index >= 15 is 0 Å². The van der Waals surface area contributed by atoms with Gasteiger partial charge < -0.3 is 19.0 Å². The summed E-state index contributed by atoms with van der Waals surface area (Å²) < 4.78 is 12.9. The van der Waals surface area contributed by atoms with Crippen LogP contribution in [0.5, 0.6) is 0 Å². The van der Waals surface area contributed by atoms with E-state index in [0.29, 0.717) is 12.4 Å². The summed E-state index contributed by atoms with van der Waals surface area (Å²) in [7, 11) is 0. The van der Waals surface area contributed by atoms with Crippen LogP contribution in [0.1, 0.15) is 22.8 Å². The van der Waals surface area contributed by atoms with Gasteiger partial charge in [-0.3, -0.25) is 30.0 Å². The molecular formula is C38H41ClN8O6. The lowest BCUT2D eigenvalue weighted by atomic mass is 10.2. The molecular weight excluding hydrogens is 700 g/mol. The van der Waals surface area contributed by atoms with Crippen molar-refractivity contribution in [2.24, 2.45) is 0 Å². The fourth-order valence-corrected chi connectivity index (χ4v) is 6.30. The lowest BCUT2D eigenvalue weighted by Gasteiger charge is -2.26. The van der Waals surface area contributed by atoms with Crippen molar-refractivity contribution in [2.45, 2.75) is 25.5 Å². The Labute approximate surface area is 311 Å². The Hall–Kier alpha value is -5.25. The van der Waals surface area contributed by atoms with E-state index in [9.17, 15) is 20.2 Å². The van der Waals surface area contributed by atoms with Crippen LogP contribution in [0, 0.1) is 20.2 Å². The van der Waals surface area contributed by atoms with Crippen molar-refractivity contribution in [2.75, 3.05) is 52.6 Å². The fourth-order valence-electron chi connectivity index (χ4n) is 6.14. The number of nitro benzene ring substituents is 2. The number of benzene rings is 4. The molecule has 2 saturated heterocycles. The van der Waals surface area contributed by atoms with Gasteiger partial charge in [-0.05, 0) is 35.4 Å². The molecule has 1 N–H and O–H groups in total. The minimum Gasteiger partial charge on any atom is -0.379 e. The molecule has 15 heteroatoms. The van der Waals surface area contributed by atoms with Gasteiger partial charge in [-0.25, -0.2) is 9.97 Å². The molecule has 2 aliphatic rings. The van der Waals surface area contributed by atoms with Crippen molar-refractivity contribution < 1.29 is 19.3 Å². The minimum atomic E-state index is -0.434. The highest BCUT2D eigenvalue weighted by Crippen LogP contribution is 2.22. The van der Waals surface area contributed by atoms with E-state index in [2.05, 4.69) is 30.4 Å². The first-order valence-corrected chi connectivity index (χ1v) is 17.9. The number of H-pyrrole nitrogens is 1. The normalized spacial score (nSPS) is 15.0. The molecule has 0 atom stereocenters. The molecule has 0 radical (unpaired) electrons. The molecule has 0 saturated carbocycles. The number of alkyl halides is 1. The molecule has 4 aromatic carbocycles. The van der Waals surface area contributed by atoms with Crippen molar-refractivity contribution in [3.05, 3.63) is 140 Å². The molecule has 53 heavy (non-hydrogen) atoms. The summed E-state index contributed by atoms with van der Waals surface area (Å²) in [4.78, 5) is 37.9. The van der Waals surface area contributed by atoms with Crippen LogP contribution in [-0.4, -0.2) is 91.8 Å². The van der Waals surface area contributed by atoms with Crippen LogP contribution < -0.4 is 0 Å². The summed E-state index contributed by atoms with van der Waals surface area (Å²) in [6.45, 7) is 9.11. The highest BCUT2D eigenvalue weighted by Gasteiger charge is 2.18. The smallest absolute Gasteiger partial charge is 0.269 e. The highest BCUT2D eigenvalue weighted by atomic mass is 35.5. The highest BCUT2D eigenvalue weighted by molar-refractivity contribution is 6.17. The van der Waals surface area contributed by atoms with E-state index in [0.717, 1.165) is 111 Å². The van der Waals surface area contributed by atoms with Crippen molar-refractivity contribution in [1.29, 1.82) is 0 Å². The fraction of sp³-hybridized carbons (Fsp3) is 0.316. The third-order valence-corrected chi connectivity index (χ3v) is 9.16. The molecule has 0 bridgehead atoms. The second-order valence-electron chi connectivity index (χ2n) is 12.6.